The van der Waals surface area contributed by atoms with Crippen LogP contribution in [0, 0.1) is 0 Å². The predicted molar refractivity (Wildman–Crippen MR) is 67.8 cm³/mol. The van der Waals surface area contributed by atoms with Gasteiger partial charge in [-0.2, -0.15) is 0 Å². The molecule has 6 heteroatoms. The fourth-order valence-electron chi connectivity index (χ4n) is 1.71. The molecule has 0 spiro atoms. The van der Waals surface area contributed by atoms with Crippen LogP contribution in [0.5, 0.6) is 5.75 Å². The monoisotopic (exact) mass is 260 g/mol. The molecule has 0 aliphatic rings. The molecule has 0 saturated carbocycles. The maximum absolute atomic E-state index is 5.80. The van der Waals surface area contributed by atoms with E-state index in [2.05, 4.69) is 15.2 Å². The molecule has 2 heterocycles. The SMILES string of the molecule is COc1ccc(-c2nnc3cc(Cl)ncn23)cc1. The average Bonchev–Trinajstić information content (AvgIpc) is 2.81. The van der Waals surface area contributed by atoms with Gasteiger partial charge in [0, 0.05) is 11.6 Å². The Morgan fingerprint density at radius 1 is 1.17 bits per heavy atom. The number of nitrogens with zero attached hydrogens (tertiary/aromatic N) is 4. The van der Waals surface area contributed by atoms with Gasteiger partial charge in [0.05, 0.1) is 7.11 Å². The summed E-state index contributed by atoms with van der Waals surface area (Å²) in [6.07, 6.45) is 1.61. The minimum atomic E-state index is 0.399. The third-order valence-electron chi connectivity index (χ3n) is 2.62. The van der Waals surface area contributed by atoms with Crippen molar-refractivity contribution in [2.45, 2.75) is 0 Å². The molecule has 2 aromatic heterocycles. The largest absolute Gasteiger partial charge is 0.497 e. The zero-order chi connectivity index (χ0) is 12.5. The lowest BCUT2D eigenvalue weighted by molar-refractivity contribution is 0.415. The van der Waals surface area contributed by atoms with Gasteiger partial charge >= 0.3 is 0 Å². The predicted octanol–water partition coefficient (Wildman–Crippen LogP) is 2.45. The Morgan fingerprint density at radius 3 is 2.67 bits per heavy atom. The van der Waals surface area contributed by atoms with Gasteiger partial charge in [0.25, 0.3) is 0 Å². The molecular weight excluding hydrogens is 252 g/mol. The number of rotatable bonds is 2. The van der Waals surface area contributed by atoms with Crippen LogP contribution in [0.2, 0.25) is 5.15 Å². The average molecular weight is 261 g/mol. The lowest BCUT2D eigenvalue weighted by Gasteiger charge is -2.02. The van der Waals surface area contributed by atoms with Crippen LogP contribution in [0.1, 0.15) is 0 Å². The number of hydrogen-bond donors (Lipinski definition) is 0. The number of methoxy groups -OCH3 is 1. The van der Waals surface area contributed by atoms with E-state index in [4.69, 9.17) is 16.3 Å². The summed E-state index contributed by atoms with van der Waals surface area (Å²) in [4.78, 5) is 4.02. The van der Waals surface area contributed by atoms with Crippen LogP contribution in [0.15, 0.2) is 36.7 Å². The van der Waals surface area contributed by atoms with Gasteiger partial charge in [-0.1, -0.05) is 11.6 Å². The highest BCUT2D eigenvalue weighted by Crippen LogP contribution is 2.21. The molecule has 3 rings (SSSR count). The molecule has 0 saturated heterocycles. The van der Waals surface area contributed by atoms with E-state index in [9.17, 15) is 0 Å². The first-order valence-corrected chi connectivity index (χ1v) is 5.66. The first-order valence-electron chi connectivity index (χ1n) is 5.28. The molecule has 0 aliphatic carbocycles. The first kappa shape index (κ1) is 11.0. The molecule has 0 atom stereocenters. The summed E-state index contributed by atoms with van der Waals surface area (Å²) >= 11 is 5.80. The normalized spacial score (nSPS) is 10.8. The molecule has 0 fully saturated rings. The van der Waals surface area contributed by atoms with Crippen LogP contribution in [0.3, 0.4) is 0 Å². The number of hydrogen-bond acceptors (Lipinski definition) is 4. The zero-order valence-electron chi connectivity index (χ0n) is 9.54. The van der Waals surface area contributed by atoms with Crippen molar-refractivity contribution in [3.05, 3.63) is 41.8 Å². The van der Waals surface area contributed by atoms with Crippen LogP contribution >= 0.6 is 11.6 Å². The minimum Gasteiger partial charge on any atom is -0.497 e. The highest BCUT2D eigenvalue weighted by atomic mass is 35.5. The Kier molecular flexibility index (Phi) is 2.60. The molecule has 0 bridgehead atoms. The van der Waals surface area contributed by atoms with Crippen molar-refractivity contribution in [2.75, 3.05) is 7.11 Å². The summed E-state index contributed by atoms with van der Waals surface area (Å²) in [5.74, 6) is 1.52. The van der Waals surface area contributed by atoms with Gasteiger partial charge in [-0.3, -0.25) is 4.40 Å². The van der Waals surface area contributed by atoms with E-state index in [0.717, 1.165) is 17.1 Å². The number of halogens is 1. The summed E-state index contributed by atoms with van der Waals surface area (Å²) in [6.45, 7) is 0. The maximum Gasteiger partial charge on any atom is 0.169 e. The fraction of sp³-hybridized carbons (Fsp3) is 0.0833. The highest BCUT2D eigenvalue weighted by Gasteiger charge is 2.08. The topological polar surface area (TPSA) is 52.3 Å². The van der Waals surface area contributed by atoms with Crippen molar-refractivity contribution >= 4 is 17.2 Å². The minimum absolute atomic E-state index is 0.399. The van der Waals surface area contributed by atoms with Gasteiger partial charge in [0.2, 0.25) is 0 Å². The second-order valence-electron chi connectivity index (χ2n) is 3.69. The van der Waals surface area contributed by atoms with Gasteiger partial charge in [0.15, 0.2) is 11.5 Å². The van der Waals surface area contributed by atoms with Crippen molar-refractivity contribution in [2.24, 2.45) is 0 Å². The van der Waals surface area contributed by atoms with E-state index >= 15 is 0 Å². The number of aromatic nitrogens is 4. The summed E-state index contributed by atoms with van der Waals surface area (Å²) in [5.41, 5.74) is 1.60. The quantitative estimate of drug-likeness (QED) is 0.664. The molecule has 0 N–H and O–H groups in total. The number of ether oxygens (including phenoxy) is 1. The van der Waals surface area contributed by atoms with Crippen molar-refractivity contribution in [1.29, 1.82) is 0 Å². The third kappa shape index (κ3) is 1.78. The van der Waals surface area contributed by atoms with E-state index in [0.29, 0.717) is 10.8 Å². The first-order chi connectivity index (χ1) is 8.78. The lowest BCUT2D eigenvalue weighted by atomic mass is 10.2. The van der Waals surface area contributed by atoms with E-state index in [1.54, 1.807) is 23.9 Å². The van der Waals surface area contributed by atoms with Crippen molar-refractivity contribution in [1.82, 2.24) is 19.6 Å². The van der Waals surface area contributed by atoms with E-state index < -0.39 is 0 Å². The van der Waals surface area contributed by atoms with Crippen LogP contribution in [0.4, 0.5) is 0 Å². The summed E-state index contributed by atoms with van der Waals surface area (Å²) in [6, 6.07) is 9.26. The Bertz CT molecular complexity index is 693. The van der Waals surface area contributed by atoms with E-state index in [-0.39, 0.29) is 0 Å². The number of benzene rings is 1. The molecule has 5 nitrogen and oxygen atoms in total. The molecule has 18 heavy (non-hydrogen) atoms. The van der Waals surface area contributed by atoms with Crippen LogP contribution in [-0.4, -0.2) is 26.7 Å². The zero-order valence-corrected chi connectivity index (χ0v) is 10.3. The lowest BCUT2D eigenvalue weighted by Crippen LogP contribution is -1.91. The van der Waals surface area contributed by atoms with Crippen molar-refractivity contribution in [3.8, 4) is 17.1 Å². The Morgan fingerprint density at radius 2 is 1.94 bits per heavy atom. The molecule has 0 radical (unpaired) electrons. The Labute approximate surface area is 108 Å². The van der Waals surface area contributed by atoms with E-state index in [1.807, 2.05) is 24.3 Å². The van der Waals surface area contributed by atoms with Crippen molar-refractivity contribution in [3.63, 3.8) is 0 Å². The van der Waals surface area contributed by atoms with Gasteiger partial charge in [0.1, 0.15) is 17.2 Å². The molecule has 0 aliphatic heterocycles. The van der Waals surface area contributed by atoms with E-state index in [1.165, 1.54) is 0 Å². The smallest absolute Gasteiger partial charge is 0.169 e. The van der Waals surface area contributed by atoms with Gasteiger partial charge in [-0.05, 0) is 24.3 Å². The molecule has 3 aromatic rings. The third-order valence-corrected chi connectivity index (χ3v) is 2.82. The number of fused-ring (bicyclic) bond motifs is 1. The summed E-state index contributed by atoms with van der Waals surface area (Å²) in [7, 11) is 1.63. The second kappa shape index (κ2) is 4.27. The van der Waals surface area contributed by atoms with Crippen LogP contribution in [-0.2, 0) is 0 Å². The standard InChI is InChI=1S/C12H9ClN4O/c1-18-9-4-2-8(3-5-9)12-16-15-11-6-10(13)14-7-17(11)12/h2-7H,1H3. The second-order valence-corrected chi connectivity index (χ2v) is 4.08. The summed E-state index contributed by atoms with van der Waals surface area (Å²) in [5, 5.41) is 8.59. The van der Waals surface area contributed by atoms with Crippen LogP contribution < -0.4 is 4.74 Å². The fourth-order valence-corrected chi connectivity index (χ4v) is 1.85. The molecule has 0 amide bonds. The Hall–Kier alpha value is -2.14. The van der Waals surface area contributed by atoms with Crippen molar-refractivity contribution < 1.29 is 4.74 Å². The summed E-state index contributed by atoms with van der Waals surface area (Å²) < 4.78 is 6.90. The highest BCUT2D eigenvalue weighted by molar-refractivity contribution is 6.29. The molecule has 90 valence electrons. The molecular formula is C12H9ClN4O. The Balaban J connectivity index is 2.13. The molecule has 1 aromatic carbocycles. The maximum atomic E-state index is 5.80. The van der Waals surface area contributed by atoms with Gasteiger partial charge in [-0.15, -0.1) is 10.2 Å². The van der Waals surface area contributed by atoms with Crippen LogP contribution in [0.25, 0.3) is 17.0 Å². The van der Waals surface area contributed by atoms with Gasteiger partial charge in [-0.25, -0.2) is 4.98 Å². The van der Waals surface area contributed by atoms with Gasteiger partial charge < -0.3 is 4.74 Å². The molecule has 0 unspecified atom stereocenters.